The number of rotatable bonds is 8. The molecule has 1 rings (SSSR count). The second-order valence-electron chi connectivity index (χ2n) is 4.85. The predicted molar refractivity (Wildman–Crippen MR) is 82.2 cm³/mol. The summed E-state index contributed by atoms with van der Waals surface area (Å²) < 4.78 is 0. The minimum atomic E-state index is 0.0187. The first-order valence-corrected chi connectivity index (χ1v) is 7.25. The zero-order chi connectivity index (χ0) is 14.1. The first kappa shape index (κ1) is 15.5. The fourth-order valence-electron chi connectivity index (χ4n) is 1.92. The Balaban J connectivity index is 2.42. The molecule has 0 aromatic heterocycles. The SMILES string of the molecule is C=C(CC)c1ccc(C(=O)NCCCCCC)cc1. The number of benzene rings is 1. The normalized spacial score (nSPS) is 10.2. The molecule has 0 aliphatic carbocycles. The summed E-state index contributed by atoms with van der Waals surface area (Å²) in [6.45, 7) is 9.03. The van der Waals surface area contributed by atoms with Gasteiger partial charge in [0.1, 0.15) is 0 Å². The van der Waals surface area contributed by atoms with Crippen LogP contribution in [0.25, 0.3) is 5.57 Å². The van der Waals surface area contributed by atoms with Crippen molar-refractivity contribution in [3.05, 3.63) is 42.0 Å². The molecule has 0 radical (unpaired) electrons. The standard InChI is InChI=1S/C17H25NO/c1-4-6-7-8-13-18-17(19)16-11-9-15(10-12-16)14(3)5-2/h9-12H,3-8,13H2,1-2H3,(H,18,19). The molecule has 19 heavy (non-hydrogen) atoms. The number of hydrogen-bond acceptors (Lipinski definition) is 1. The lowest BCUT2D eigenvalue weighted by Crippen LogP contribution is -2.24. The van der Waals surface area contributed by atoms with Gasteiger partial charge in [-0.2, -0.15) is 0 Å². The summed E-state index contributed by atoms with van der Waals surface area (Å²) in [6.07, 6.45) is 5.64. The van der Waals surface area contributed by atoms with E-state index in [-0.39, 0.29) is 5.91 Å². The van der Waals surface area contributed by atoms with Crippen LogP contribution in [0.3, 0.4) is 0 Å². The summed E-state index contributed by atoms with van der Waals surface area (Å²) in [6, 6.07) is 7.69. The average Bonchev–Trinajstić information content (AvgIpc) is 2.46. The summed E-state index contributed by atoms with van der Waals surface area (Å²) in [5.74, 6) is 0.0187. The first-order chi connectivity index (χ1) is 9.19. The van der Waals surface area contributed by atoms with Gasteiger partial charge in [-0.15, -0.1) is 0 Å². The highest BCUT2D eigenvalue weighted by Gasteiger charge is 2.05. The van der Waals surface area contributed by atoms with Crippen LogP contribution in [0.5, 0.6) is 0 Å². The molecule has 0 spiro atoms. The second-order valence-corrected chi connectivity index (χ2v) is 4.85. The summed E-state index contributed by atoms with van der Waals surface area (Å²) in [4.78, 5) is 11.9. The van der Waals surface area contributed by atoms with E-state index in [1.807, 2.05) is 24.3 Å². The lowest BCUT2D eigenvalue weighted by Gasteiger charge is -2.07. The maximum absolute atomic E-state index is 11.9. The molecular weight excluding hydrogens is 234 g/mol. The Morgan fingerprint density at radius 1 is 1.05 bits per heavy atom. The van der Waals surface area contributed by atoms with Crippen LogP contribution in [0.1, 0.15) is 61.9 Å². The van der Waals surface area contributed by atoms with Gasteiger partial charge >= 0.3 is 0 Å². The van der Waals surface area contributed by atoms with Gasteiger partial charge in [0.25, 0.3) is 5.91 Å². The quantitative estimate of drug-likeness (QED) is 0.688. The van der Waals surface area contributed by atoms with Crippen molar-refractivity contribution < 1.29 is 4.79 Å². The van der Waals surface area contributed by atoms with Crippen LogP contribution in [0, 0.1) is 0 Å². The van der Waals surface area contributed by atoms with Gasteiger partial charge in [0, 0.05) is 12.1 Å². The van der Waals surface area contributed by atoms with Crippen LogP contribution in [-0.2, 0) is 0 Å². The lowest BCUT2D eigenvalue weighted by atomic mass is 10.0. The summed E-state index contributed by atoms with van der Waals surface area (Å²) in [5, 5.41) is 2.96. The van der Waals surface area contributed by atoms with Crippen molar-refractivity contribution in [2.75, 3.05) is 6.54 Å². The topological polar surface area (TPSA) is 29.1 Å². The van der Waals surface area contributed by atoms with Crippen LogP contribution in [0.4, 0.5) is 0 Å². The molecule has 0 aliphatic rings. The molecular formula is C17H25NO. The van der Waals surface area contributed by atoms with E-state index < -0.39 is 0 Å². The smallest absolute Gasteiger partial charge is 0.251 e. The van der Waals surface area contributed by atoms with E-state index in [0.717, 1.165) is 36.1 Å². The van der Waals surface area contributed by atoms with E-state index in [0.29, 0.717) is 0 Å². The van der Waals surface area contributed by atoms with Crippen molar-refractivity contribution in [2.45, 2.75) is 46.0 Å². The Hall–Kier alpha value is -1.57. The number of carbonyl (C=O) groups excluding carboxylic acids is 1. The molecule has 0 saturated carbocycles. The fraction of sp³-hybridized carbons (Fsp3) is 0.471. The van der Waals surface area contributed by atoms with Gasteiger partial charge in [-0.3, -0.25) is 4.79 Å². The number of allylic oxidation sites excluding steroid dienone is 1. The van der Waals surface area contributed by atoms with Crippen LogP contribution < -0.4 is 5.32 Å². The van der Waals surface area contributed by atoms with Crippen LogP contribution in [-0.4, -0.2) is 12.5 Å². The van der Waals surface area contributed by atoms with E-state index in [4.69, 9.17) is 0 Å². The average molecular weight is 259 g/mol. The molecule has 104 valence electrons. The Morgan fingerprint density at radius 3 is 2.26 bits per heavy atom. The van der Waals surface area contributed by atoms with Gasteiger partial charge in [0.15, 0.2) is 0 Å². The molecule has 2 nitrogen and oxygen atoms in total. The molecule has 0 saturated heterocycles. The minimum absolute atomic E-state index is 0.0187. The predicted octanol–water partition coefficient (Wildman–Crippen LogP) is 4.42. The number of unbranched alkanes of at least 4 members (excludes halogenated alkanes) is 3. The van der Waals surface area contributed by atoms with Crippen molar-refractivity contribution in [3.63, 3.8) is 0 Å². The Bertz CT molecular complexity index is 406. The monoisotopic (exact) mass is 259 g/mol. The molecule has 0 bridgehead atoms. The Kier molecular flexibility index (Phi) is 6.94. The van der Waals surface area contributed by atoms with E-state index >= 15 is 0 Å². The van der Waals surface area contributed by atoms with Crippen LogP contribution >= 0.6 is 0 Å². The molecule has 1 amide bonds. The van der Waals surface area contributed by atoms with E-state index in [1.54, 1.807) is 0 Å². The molecule has 0 aliphatic heterocycles. The number of carbonyl (C=O) groups is 1. The largest absolute Gasteiger partial charge is 0.352 e. The number of amides is 1. The van der Waals surface area contributed by atoms with Crippen LogP contribution in [0.15, 0.2) is 30.8 Å². The molecule has 0 unspecified atom stereocenters. The highest BCUT2D eigenvalue weighted by molar-refractivity contribution is 5.94. The van der Waals surface area contributed by atoms with Gasteiger partial charge in [-0.1, -0.05) is 51.8 Å². The zero-order valence-electron chi connectivity index (χ0n) is 12.2. The fourth-order valence-corrected chi connectivity index (χ4v) is 1.92. The number of nitrogens with one attached hydrogen (secondary N) is 1. The Labute approximate surface area is 116 Å². The molecule has 1 aromatic rings. The second kappa shape index (κ2) is 8.52. The van der Waals surface area contributed by atoms with Crippen LogP contribution in [0.2, 0.25) is 0 Å². The van der Waals surface area contributed by atoms with Crippen molar-refractivity contribution in [3.8, 4) is 0 Å². The van der Waals surface area contributed by atoms with Crippen molar-refractivity contribution in [2.24, 2.45) is 0 Å². The van der Waals surface area contributed by atoms with Crippen molar-refractivity contribution >= 4 is 11.5 Å². The first-order valence-electron chi connectivity index (χ1n) is 7.25. The maximum atomic E-state index is 11.9. The lowest BCUT2D eigenvalue weighted by molar-refractivity contribution is 0.0953. The summed E-state index contributed by atoms with van der Waals surface area (Å²) in [7, 11) is 0. The Morgan fingerprint density at radius 2 is 1.68 bits per heavy atom. The van der Waals surface area contributed by atoms with Gasteiger partial charge in [0.2, 0.25) is 0 Å². The van der Waals surface area contributed by atoms with Crippen molar-refractivity contribution in [1.82, 2.24) is 5.32 Å². The maximum Gasteiger partial charge on any atom is 0.251 e. The third-order valence-corrected chi connectivity index (χ3v) is 3.30. The number of hydrogen-bond donors (Lipinski definition) is 1. The third kappa shape index (κ3) is 5.29. The van der Waals surface area contributed by atoms with Gasteiger partial charge < -0.3 is 5.32 Å². The van der Waals surface area contributed by atoms with E-state index in [1.165, 1.54) is 19.3 Å². The summed E-state index contributed by atoms with van der Waals surface area (Å²) in [5.41, 5.74) is 2.94. The van der Waals surface area contributed by atoms with Gasteiger partial charge in [-0.05, 0) is 36.1 Å². The van der Waals surface area contributed by atoms with Gasteiger partial charge in [-0.25, -0.2) is 0 Å². The molecule has 1 aromatic carbocycles. The molecule has 0 heterocycles. The highest BCUT2D eigenvalue weighted by atomic mass is 16.1. The van der Waals surface area contributed by atoms with Gasteiger partial charge in [0.05, 0.1) is 0 Å². The minimum Gasteiger partial charge on any atom is -0.352 e. The summed E-state index contributed by atoms with van der Waals surface area (Å²) >= 11 is 0. The third-order valence-electron chi connectivity index (χ3n) is 3.30. The zero-order valence-corrected chi connectivity index (χ0v) is 12.2. The van der Waals surface area contributed by atoms with E-state index in [2.05, 4.69) is 25.7 Å². The highest BCUT2D eigenvalue weighted by Crippen LogP contribution is 2.16. The van der Waals surface area contributed by atoms with E-state index in [9.17, 15) is 4.79 Å². The molecule has 0 fully saturated rings. The molecule has 2 heteroatoms. The molecule has 1 N–H and O–H groups in total. The molecule has 0 atom stereocenters. The van der Waals surface area contributed by atoms with Crippen molar-refractivity contribution in [1.29, 1.82) is 0 Å².